The molecule has 0 aliphatic carbocycles. The summed E-state index contributed by atoms with van der Waals surface area (Å²) in [6.07, 6.45) is -0.983. The van der Waals surface area contributed by atoms with Gasteiger partial charge in [-0.3, -0.25) is 4.79 Å². The molecule has 0 saturated carbocycles. The maximum absolute atomic E-state index is 13.4. The number of esters is 1. The highest BCUT2D eigenvalue weighted by Crippen LogP contribution is 2.35. The van der Waals surface area contributed by atoms with Crippen LogP contribution in [0.4, 0.5) is 16.2 Å². The van der Waals surface area contributed by atoms with Crippen molar-refractivity contribution in [3.8, 4) is 11.5 Å². The van der Waals surface area contributed by atoms with Crippen LogP contribution < -0.4 is 25.8 Å². The first-order valence-electron chi connectivity index (χ1n) is 14.5. The summed E-state index contributed by atoms with van der Waals surface area (Å²) < 4.78 is 21.6. The number of hydrogen-bond acceptors (Lipinski definition) is 9. The fourth-order valence-electron chi connectivity index (χ4n) is 4.22. The molecule has 12 nitrogen and oxygen atoms in total. The molecule has 240 valence electrons. The van der Waals surface area contributed by atoms with Crippen LogP contribution in [0.1, 0.15) is 60.3 Å². The Hall–Kier alpha value is -5.10. The molecule has 0 heterocycles. The highest BCUT2D eigenvalue weighted by atomic mass is 16.6. The van der Waals surface area contributed by atoms with E-state index in [1.54, 1.807) is 62.4 Å². The van der Waals surface area contributed by atoms with Crippen LogP contribution in [0, 0.1) is 6.92 Å². The summed E-state index contributed by atoms with van der Waals surface area (Å²) in [7, 11) is 0. The Labute approximate surface area is 262 Å². The SMILES string of the molecule is CCOC(=O)COc1c(CNc2ccc(C)cc2C(=O)Nc2ccc(/C(N)=N/C(=O)OCC)cc2)cc(CO)cc1OC(C)C. The van der Waals surface area contributed by atoms with Crippen LogP contribution in [-0.4, -0.2) is 54.8 Å². The second-order valence-corrected chi connectivity index (χ2v) is 10.1. The number of aliphatic imine (C=N–C) groups is 1. The standard InChI is InChI=1S/C33H40N4O8/c1-6-42-29(39)19-44-30-24(15-22(18-38)16-28(30)45-20(3)4)17-35-27-13-8-21(5)14-26(27)32(40)36-25-11-9-23(10-12-25)31(34)37-33(41)43-7-2/h8-16,20,35,38H,6-7,17-19H2,1-5H3,(H,36,40)(H2,34,37,41). The van der Waals surface area contributed by atoms with Crippen molar-refractivity contribution in [2.75, 3.05) is 30.5 Å². The van der Waals surface area contributed by atoms with Crippen molar-refractivity contribution in [2.45, 2.75) is 53.9 Å². The fraction of sp³-hybridized carbons (Fsp3) is 0.333. The zero-order chi connectivity index (χ0) is 32.9. The summed E-state index contributed by atoms with van der Waals surface area (Å²) in [4.78, 5) is 40.8. The van der Waals surface area contributed by atoms with Crippen molar-refractivity contribution >= 4 is 35.2 Å². The number of hydrogen-bond donors (Lipinski definition) is 4. The molecule has 0 fully saturated rings. The molecule has 2 amide bonds. The number of benzene rings is 3. The summed E-state index contributed by atoms with van der Waals surface area (Å²) >= 11 is 0. The van der Waals surface area contributed by atoms with E-state index in [-0.39, 0.29) is 50.8 Å². The number of ether oxygens (including phenoxy) is 4. The molecule has 3 aromatic rings. The molecular formula is C33H40N4O8. The Kier molecular flexibility index (Phi) is 12.7. The van der Waals surface area contributed by atoms with Crippen molar-refractivity contribution < 1.29 is 38.4 Å². The molecule has 0 saturated heterocycles. The van der Waals surface area contributed by atoms with Crippen molar-refractivity contribution in [1.29, 1.82) is 0 Å². The fourth-order valence-corrected chi connectivity index (χ4v) is 4.22. The Morgan fingerprint density at radius 1 is 0.978 bits per heavy atom. The maximum atomic E-state index is 13.4. The average molecular weight is 621 g/mol. The van der Waals surface area contributed by atoms with Crippen molar-refractivity contribution in [3.63, 3.8) is 0 Å². The van der Waals surface area contributed by atoms with E-state index in [2.05, 4.69) is 15.6 Å². The summed E-state index contributed by atoms with van der Waals surface area (Å²) in [5.74, 6) is -0.206. The van der Waals surface area contributed by atoms with Crippen LogP contribution in [-0.2, 0) is 27.4 Å². The third-order valence-electron chi connectivity index (χ3n) is 6.18. The lowest BCUT2D eigenvalue weighted by Gasteiger charge is -2.20. The lowest BCUT2D eigenvalue weighted by Crippen LogP contribution is -2.18. The minimum atomic E-state index is -0.781. The molecule has 0 aliphatic heterocycles. The predicted molar refractivity (Wildman–Crippen MR) is 171 cm³/mol. The third kappa shape index (κ3) is 10.2. The van der Waals surface area contributed by atoms with Crippen LogP contribution in [0.3, 0.4) is 0 Å². The van der Waals surface area contributed by atoms with Crippen LogP contribution >= 0.6 is 0 Å². The quantitative estimate of drug-likeness (QED) is 0.110. The number of aryl methyl sites for hydroxylation is 1. The van der Waals surface area contributed by atoms with E-state index in [9.17, 15) is 19.5 Å². The molecule has 0 aromatic heterocycles. The summed E-state index contributed by atoms with van der Waals surface area (Å²) in [6.45, 7) is 8.98. The number of aliphatic hydroxyl groups excluding tert-OH is 1. The van der Waals surface area contributed by atoms with E-state index >= 15 is 0 Å². The molecule has 45 heavy (non-hydrogen) atoms. The van der Waals surface area contributed by atoms with Gasteiger partial charge >= 0.3 is 12.1 Å². The smallest absolute Gasteiger partial charge is 0.435 e. The minimum absolute atomic E-state index is 0.00526. The Bertz CT molecular complexity index is 1520. The number of anilines is 2. The van der Waals surface area contributed by atoms with Crippen molar-refractivity contribution in [3.05, 3.63) is 82.4 Å². The molecule has 0 radical (unpaired) electrons. The Morgan fingerprint density at radius 2 is 1.69 bits per heavy atom. The summed E-state index contributed by atoms with van der Waals surface area (Å²) in [6, 6.07) is 15.4. The average Bonchev–Trinajstić information content (AvgIpc) is 2.99. The van der Waals surface area contributed by atoms with E-state index in [0.29, 0.717) is 45.1 Å². The predicted octanol–water partition coefficient (Wildman–Crippen LogP) is 4.94. The van der Waals surface area contributed by atoms with Crippen LogP contribution in [0.15, 0.2) is 59.6 Å². The van der Waals surface area contributed by atoms with Gasteiger partial charge in [0.15, 0.2) is 18.1 Å². The monoisotopic (exact) mass is 620 g/mol. The number of amides is 2. The first kappa shape index (κ1) is 34.4. The topological polar surface area (TPSA) is 171 Å². The number of carbonyl (C=O) groups is 3. The lowest BCUT2D eigenvalue weighted by atomic mass is 10.1. The molecule has 0 aliphatic rings. The number of carbonyl (C=O) groups excluding carboxylic acids is 3. The van der Waals surface area contributed by atoms with E-state index in [1.165, 1.54) is 0 Å². The second-order valence-electron chi connectivity index (χ2n) is 10.1. The van der Waals surface area contributed by atoms with Gasteiger partial charge in [0.25, 0.3) is 5.91 Å². The van der Waals surface area contributed by atoms with E-state index < -0.39 is 12.1 Å². The normalized spacial score (nSPS) is 11.1. The van der Waals surface area contributed by atoms with Gasteiger partial charge < -0.3 is 40.4 Å². The molecule has 5 N–H and O–H groups in total. The highest BCUT2D eigenvalue weighted by Gasteiger charge is 2.19. The molecule has 0 bridgehead atoms. The van der Waals surface area contributed by atoms with Gasteiger partial charge in [-0.05, 0) is 88.7 Å². The molecule has 3 aromatic carbocycles. The zero-order valence-electron chi connectivity index (χ0n) is 26.1. The Balaban J connectivity index is 1.85. The van der Waals surface area contributed by atoms with E-state index in [1.807, 2.05) is 26.8 Å². The maximum Gasteiger partial charge on any atom is 0.435 e. The minimum Gasteiger partial charge on any atom is -0.487 e. The van der Waals surface area contributed by atoms with Gasteiger partial charge in [-0.1, -0.05) is 11.6 Å². The summed E-state index contributed by atoms with van der Waals surface area (Å²) in [5.41, 5.74) is 9.87. The van der Waals surface area contributed by atoms with Gasteiger partial charge in [-0.25, -0.2) is 9.59 Å². The number of aliphatic hydroxyl groups is 1. The van der Waals surface area contributed by atoms with Gasteiger partial charge in [0, 0.05) is 29.0 Å². The van der Waals surface area contributed by atoms with Crippen molar-refractivity contribution in [1.82, 2.24) is 0 Å². The first-order chi connectivity index (χ1) is 21.5. The van der Waals surface area contributed by atoms with Crippen LogP contribution in [0.5, 0.6) is 11.5 Å². The van der Waals surface area contributed by atoms with Crippen LogP contribution in [0.25, 0.3) is 0 Å². The van der Waals surface area contributed by atoms with Gasteiger partial charge in [0.05, 0.1) is 31.5 Å². The molecule has 12 heteroatoms. The van der Waals surface area contributed by atoms with Gasteiger partial charge in [0.2, 0.25) is 0 Å². The highest BCUT2D eigenvalue weighted by molar-refractivity contribution is 6.08. The first-order valence-corrected chi connectivity index (χ1v) is 14.5. The molecule has 0 atom stereocenters. The summed E-state index contributed by atoms with van der Waals surface area (Å²) in [5, 5.41) is 16.1. The zero-order valence-corrected chi connectivity index (χ0v) is 26.1. The van der Waals surface area contributed by atoms with E-state index in [0.717, 1.165) is 5.56 Å². The van der Waals surface area contributed by atoms with Gasteiger partial charge in [-0.2, -0.15) is 4.99 Å². The number of nitrogens with zero attached hydrogens (tertiary/aromatic N) is 1. The van der Waals surface area contributed by atoms with Crippen LogP contribution in [0.2, 0.25) is 0 Å². The number of rotatable bonds is 14. The lowest BCUT2D eigenvalue weighted by molar-refractivity contribution is -0.145. The number of nitrogens with one attached hydrogen (secondary N) is 2. The third-order valence-corrected chi connectivity index (χ3v) is 6.18. The second kappa shape index (κ2) is 16.7. The molecule has 0 spiro atoms. The van der Waals surface area contributed by atoms with E-state index in [4.69, 9.17) is 24.7 Å². The van der Waals surface area contributed by atoms with Crippen molar-refractivity contribution in [2.24, 2.45) is 10.7 Å². The Morgan fingerprint density at radius 3 is 2.33 bits per heavy atom. The number of nitrogens with two attached hydrogens (primary N) is 1. The van der Waals surface area contributed by atoms with Gasteiger partial charge in [-0.15, -0.1) is 0 Å². The molecular weight excluding hydrogens is 580 g/mol. The number of amidine groups is 1. The largest absolute Gasteiger partial charge is 0.487 e. The molecule has 3 rings (SSSR count). The van der Waals surface area contributed by atoms with Gasteiger partial charge in [0.1, 0.15) is 5.84 Å². The molecule has 0 unspecified atom stereocenters.